The lowest BCUT2D eigenvalue weighted by Gasteiger charge is -2.12. The molecule has 26 heavy (non-hydrogen) atoms. The molecule has 0 fully saturated rings. The third kappa shape index (κ3) is 3.54. The Labute approximate surface area is 149 Å². The van der Waals surface area contributed by atoms with Crippen LogP contribution < -0.4 is 15.1 Å². The summed E-state index contributed by atoms with van der Waals surface area (Å²) >= 11 is 0. The van der Waals surface area contributed by atoms with E-state index < -0.39 is 11.6 Å². The smallest absolute Gasteiger partial charge is 0.337 e. The molecule has 0 radical (unpaired) electrons. The van der Waals surface area contributed by atoms with Gasteiger partial charge in [0.2, 0.25) is 0 Å². The first-order valence-electron chi connectivity index (χ1n) is 7.94. The van der Waals surface area contributed by atoms with Crippen LogP contribution >= 0.6 is 0 Å². The summed E-state index contributed by atoms with van der Waals surface area (Å²) < 4.78 is 21.0. The van der Waals surface area contributed by atoms with Crippen LogP contribution in [0.2, 0.25) is 0 Å². The largest absolute Gasteiger partial charge is 0.493 e. The number of aryl methyl sites for hydroxylation is 1. The molecule has 0 unspecified atom stereocenters. The molecule has 0 saturated heterocycles. The number of hydrogen-bond donors (Lipinski definition) is 0. The Hall–Kier alpha value is -3.28. The third-order valence-corrected chi connectivity index (χ3v) is 3.95. The van der Waals surface area contributed by atoms with Crippen molar-refractivity contribution in [2.75, 3.05) is 14.2 Å². The van der Waals surface area contributed by atoms with Crippen molar-refractivity contribution in [3.8, 4) is 11.5 Å². The van der Waals surface area contributed by atoms with Crippen molar-refractivity contribution in [2.45, 2.75) is 13.5 Å². The highest BCUT2D eigenvalue weighted by Gasteiger charge is 2.13. The van der Waals surface area contributed by atoms with Crippen LogP contribution in [0.4, 0.5) is 0 Å². The fraction of sp³-hybridized carbons (Fsp3) is 0.200. The molecule has 0 N–H and O–H groups in total. The molecule has 6 heteroatoms. The molecule has 3 aromatic rings. The van der Waals surface area contributed by atoms with Crippen molar-refractivity contribution in [1.29, 1.82) is 0 Å². The summed E-state index contributed by atoms with van der Waals surface area (Å²) in [6, 6.07) is 11.8. The van der Waals surface area contributed by atoms with E-state index in [0.29, 0.717) is 28.2 Å². The van der Waals surface area contributed by atoms with Gasteiger partial charge >= 0.3 is 11.6 Å². The van der Waals surface area contributed by atoms with Crippen molar-refractivity contribution < 1.29 is 23.4 Å². The zero-order valence-corrected chi connectivity index (χ0v) is 14.7. The minimum absolute atomic E-state index is 0.152. The third-order valence-electron chi connectivity index (χ3n) is 3.95. The standard InChI is InChI=1S/C20H18O6/c1-12-4-6-15-14(10-19(21)26-17(15)8-12)11-25-16-7-5-13(20(22)24-3)9-18(16)23-2/h4-10H,11H2,1-3H3. The lowest BCUT2D eigenvalue weighted by Crippen LogP contribution is -2.06. The molecular formula is C20H18O6. The zero-order valence-electron chi connectivity index (χ0n) is 14.7. The van der Waals surface area contributed by atoms with Gasteiger partial charge < -0.3 is 18.6 Å². The highest BCUT2D eigenvalue weighted by atomic mass is 16.5. The summed E-state index contributed by atoms with van der Waals surface area (Å²) in [5.74, 6) is 0.390. The second kappa shape index (κ2) is 7.31. The Kier molecular flexibility index (Phi) is 4.93. The van der Waals surface area contributed by atoms with Gasteiger partial charge in [0.1, 0.15) is 12.2 Å². The minimum atomic E-state index is -0.461. The van der Waals surface area contributed by atoms with E-state index in [2.05, 4.69) is 0 Å². The van der Waals surface area contributed by atoms with Gasteiger partial charge in [-0.05, 0) is 36.8 Å². The number of fused-ring (bicyclic) bond motifs is 1. The molecule has 0 atom stereocenters. The molecular weight excluding hydrogens is 336 g/mol. The maximum absolute atomic E-state index is 11.8. The lowest BCUT2D eigenvalue weighted by molar-refractivity contribution is 0.0600. The van der Waals surface area contributed by atoms with Gasteiger partial charge in [0.25, 0.3) is 0 Å². The number of ether oxygens (including phenoxy) is 3. The summed E-state index contributed by atoms with van der Waals surface area (Å²) in [7, 11) is 2.80. The number of rotatable bonds is 5. The van der Waals surface area contributed by atoms with Crippen molar-refractivity contribution >= 4 is 16.9 Å². The molecule has 1 heterocycles. The Balaban J connectivity index is 1.91. The fourth-order valence-electron chi connectivity index (χ4n) is 2.64. The van der Waals surface area contributed by atoms with E-state index in [1.54, 1.807) is 18.2 Å². The summed E-state index contributed by atoms with van der Waals surface area (Å²) in [6.07, 6.45) is 0. The molecule has 0 amide bonds. The normalized spacial score (nSPS) is 10.6. The number of methoxy groups -OCH3 is 2. The molecule has 0 aliphatic rings. The number of esters is 1. The van der Waals surface area contributed by atoms with E-state index in [9.17, 15) is 9.59 Å². The van der Waals surface area contributed by atoms with Crippen molar-refractivity contribution in [2.24, 2.45) is 0 Å². The van der Waals surface area contributed by atoms with Gasteiger partial charge in [-0.1, -0.05) is 12.1 Å². The van der Waals surface area contributed by atoms with E-state index in [1.807, 2.05) is 25.1 Å². The zero-order chi connectivity index (χ0) is 18.7. The average Bonchev–Trinajstić information content (AvgIpc) is 2.64. The first kappa shape index (κ1) is 17.5. The maximum atomic E-state index is 11.8. The number of carbonyl (C=O) groups is 1. The molecule has 0 bridgehead atoms. The maximum Gasteiger partial charge on any atom is 0.337 e. The van der Waals surface area contributed by atoms with E-state index in [1.165, 1.54) is 20.3 Å². The number of benzene rings is 2. The summed E-state index contributed by atoms with van der Waals surface area (Å²) in [5, 5.41) is 0.806. The van der Waals surface area contributed by atoms with Gasteiger partial charge in [-0.25, -0.2) is 9.59 Å². The summed E-state index contributed by atoms with van der Waals surface area (Å²) in [5.41, 5.74) is 2.14. The van der Waals surface area contributed by atoms with Crippen LogP contribution in [0.3, 0.4) is 0 Å². The molecule has 3 rings (SSSR count). The summed E-state index contributed by atoms with van der Waals surface area (Å²) in [4.78, 5) is 23.4. The van der Waals surface area contributed by atoms with Crippen molar-refractivity contribution in [3.63, 3.8) is 0 Å². The Morgan fingerprint density at radius 1 is 1.04 bits per heavy atom. The second-order valence-corrected chi connectivity index (χ2v) is 5.74. The molecule has 0 aliphatic carbocycles. The highest BCUT2D eigenvalue weighted by molar-refractivity contribution is 5.90. The monoisotopic (exact) mass is 354 g/mol. The fourth-order valence-corrected chi connectivity index (χ4v) is 2.64. The van der Waals surface area contributed by atoms with Crippen LogP contribution in [0.15, 0.2) is 51.7 Å². The molecule has 0 saturated carbocycles. The summed E-state index contributed by atoms with van der Waals surface area (Å²) in [6.45, 7) is 2.08. The second-order valence-electron chi connectivity index (χ2n) is 5.74. The van der Waals surface area contributed by atoms with Crippen LogP contribution in [-0.4, -0.2) is 20.2 Å². The Morgan fingerprint density at radius 3 is 2.58 bits per heavy atom. The van der Waals surface area contributed by atoms with Crippen LogP contribution in [-0.2, 0) is 11.3 Å². The molecule has 6 nitrogen and oxygen atoms in total. The average molecular weight is 354 g/mol. The van der Waals surface area contributed by atoms with Crippen LogP contribution in [0.25, 0.3) is 11.0 Å². The Morgan fingerprint density at radius 2 is 1.85 bits per heavy atom. The van der Waals surface area contributed by atoms with Crippen molar-refractivity contribution in [1.82, 2.24) is 0 Å². The molecule has 2 aromatic carbocycles. The van der Waals surface area contributed by atoms with Crippen LogP contribution in [0, 0.1) is 6.92 Å². The van der Waals surface area contributed by atoms with E-state index >= 15 is 0 Å². The molecule has 134 valence electrons. The van der Waals surface area contributed by atoms with Gasteiger partial charge in [0.05, 0.1) is 19.8 Å². The van der Waals surface area contributed by atoms with Gasteiger partial charge in [-0.3, -0.25) is 0 Å². The topological polar surface area (TPSA) is 75.0 Å². The predicted octanol–water partition coefficient (Wildman–Crippen LogP) is 3.48. The number of carbonyl (C=O) groups excluding carboxylic acids is 1. The predicted molar refractivity (Wildman–Crippen MR) is 95.9 cm³/mol. The van der Waals surface area contributed by atoms with E-state index in [0.717, 1.165) is 10.9 Å². The first-order chi connectivity index (χ1) is 12.5. The van der Waals surface area contributed by atoms with Gasteiger partial charge in [0.15, 0.2) is 11.5 Å². The molecule has 0 spiro atoms. The van der Waals surface area contributed by atoms with Gasteiger partial charge in [-0.2, -0.15) is 0 Å². The van der Waals surface area contributed by atoms with Crippen LogP contribution in [0.1, 0.15) is 21.5 Å². The number of hydrogen-bond acceptors (Lipinski definition) is 6. The Bertz CT molecular complexity index is 1020. The lowest BCUT2D eigenvalue weighted by atomic mass is 10.1. The van der Waals surface area contributed by atoms with E-state index in [-0.39, 0.29) is 6.61 Å². The molecule has 1 aromatic heterocycles. The molecule has 0 aliphatic heterocycles. The highest BCUT2D eigenvalue weighted by Crippen LogP contribution is 2.30. The first-order valence-corrected chi connectivity index (χ1v) is 7.94. The van der Waals surface area contributed by atoms with Gasteiger partial charge in [0, 0.05) is 17.0 Å². The van der Waals surface area contributed by atoms with Crippen molar-refractivity contribution in [3.05, 3.63) is 69.6 Å². The van der Waals surface area contributed by atoms with Crippen LogP contribution in [0.5, 0.6) is 11.5 Å². The van der Waals surface area contributed by atoms with E-state index in [4.69, 9.17) is 18.6 Å². The minimum Gasteiger partial charge on any atom is -0.493 e. The van der Waals surface area contributed by atoms with Gasteiger partial charge in [-0.15, -0.1) is 0 Å². The SMILES string of the molecule is COC(=O)c1ccc(OCc2cc(=O)oc3cc(C)ccc23)c(OC)c1. The quantitative estimate of drug-likeness (QED) is 0.516.